The summed E-state index contributed by atoms with van der Waals surface area (Å²) in [7, 11) is 0. The topological polar surface area (TPSA) is 59.5 Å². The first-order valence-electron chi connectivity index (χ1n) is 7.23. The molecule has 1 aromatic carbocycles. The van der Waals surface area contributed by atoms with Gasteiger partial charge in [0.15, 0.2) is 0 Å². The van der Waals surface area contributed by atoms with E-state index in [4.69, 9.17) is 10.2 Å². The molecule has 2 N–H and O–H groups in total. The lowest BCUT2D eigenvalue weighted by atomic mass is 10.0. The number of rotatable bonds is 3. The van der Waals surface area contributed by atoms with Crippen molar-refractivity contribution in [1.82, 2.24) is 4.90 Å². The zero-order valence-corrected chi connectivity index (χ0v) is 13.6. The molecule has 3 rings (SSSR count). The maximum atomic E-state index is 11.7. The molecule has 0 radical (unpaired) electrons. The van der Waals surface area contributed by atoms with Crippen molar-refractivity contribution in [3.63, 3.8) is 0 Å². The Labute approximate surface area is 132 Å². The van der Waals surface area contributed by atoms with E-state index in [0.29, 0.717) is 11.5 Å². The molecule has 1 aliphatic heterocycles. The Morgan fingerprint density at radius 2 is 2.29 bits per heavy atom. The summed E-state index contributed by atoms with van der Waals surface area (Å²) < 4.78 is 6.19. The van der Waals surface area contributed by atoms with E-state index in [1.165, 1.54) is 0 Å². The van der Waals surface area contributed by atoms with E-state index in [2.05, 4.69) is 27.8 Å². The minimum absolute atomic E-state index is 0.226. The molecule has 0 amide bonds. The van der Waals surface area contributed by atoms with E-state index in [1.807, 2.05) is 18.2 Å². The van der Waals surface area contributed by atoms with Gasteiger partial charge >= 0.3 is 5.63 Å². The fourth-order valence-electron chi connectivity index (χ4n) is 3.01. The fourth-order valence-corrected chi connectivity index (χ4v) is 3.35. The summed E-state index contributed by atoms with van der Waals surface area (Å²) in [4.78, 5) is 14.1. The largest absolute Gasteiger partial charge is 0.423 e. The number of halogens is 1. The normalized spacial score (nSPS) is 21.0. The highest BCUT2D eigenvalue weighted by atomic mass is 79.9. The van der Waals surface area contributed by atoms with Crippen LogP contribution in [0.2, 0.25) is 0 Å². The summed E-state index contributed by atoms with van der Waals surface area (Å²) in [6.07, 6.45) is 1.13. The molecule has 21 heavy (non-hydrogen) atoms. The Hall–Kier alpha value is -1.17. The Morgan fingerprint density at radius 3 is 3.00 bits per heavy atom. The predicted octanol–water partition coefficient (Wildman–Crippen LogP) is 2.72. The third-order valence-corrected chi connectivity index (χ3v) is 4.73. The first-order chi connectivity index (χ1) is 10.0. The molecule has 0 bridgehead atoms. The summed E-state index contributed by atoms with van der Waals surface area (Å²) in [5.74, 6) is 0.547. The molecule has 5 heteroatoms. The Bertz CT molecular complexity index is 711. The summed E-state index contributed by atoms with van der Waals surface area (Å²) in [6.45, 7) is 4.87. The zero-order valence-electron chi connectivity index (χ0n) is 12.0. The van der Waals surface area contributed by atoms with Gasteiger partial charge in [0.25, 0.3) is 0 Å². The molecule has 1 aliphatic rings. The van der Waals surface area contributed by atoms with Gasteiger partial charge in [-0.2, -0.15) is 0 Å². The van der Waals surface area contributed by atoms with Crippen molar-refractivity contribution in [2.45, 2.75) is 25.9 Å². The van der Waals surface area contributed by atoms with E-state index >= 15 is 0 Å². The van der Waals surface area contributed by atoms with Crippen LogP contribution >= 0.6 is 15.9 Å². The average Bonchev–Trinajstić information content (AvgIpc) is 2.86. The molecule has 1 fully saturated rings. The van der Waals surface area contributed by atoms with Crippen molar-refractivity contribution in [3.05, 3.63) is 44.7 Å². The van der Waals surface area contributed by atoms with Crippen LogP contribution in [0.5, 0.6) is 0 Å². The molecule has 2 aromatic rings. The van der Waals surface area contributed by atoms with Gasteiger partial charge in [-0.25, -0.2) is 4.79 Å². The average molecular weight is 351 g/mol. The second-order valence-electron chi connectivity index (χ2n) is 5.87. The molecule has 0 saturated carbocycles. The van der Waals surface area contributed by atoms with Crippen molar-refractivity contribution in [2.75, 3.05) is 13.1 Å². The second-order valence-corrected chi connectivity index (χ2v) is 6.79. The number of hydrogen-bond donors (Lipinski definition) is 1. The molecule has 2 unspecified atom stereocenters. The van der Waals surface area contributed by atoms with Crippen LogP contribution in [-0.2, 0) is 6.54 Å². The van der Waals surface area contributed by atoms with Crippen molar-refractivity contribution >= 4 is 26.9 Å². The van der Waals surface area contributed by atoms with Gasteiger partial charge in [0.1, 0.15) is 5.58 Å². The highest BCUT2D eigenvalue weighted by molar-refractivity contribution is 9.10. The van der Waals surface area contributed by atoms with Crippen LogP contribution in [0.1, 0.15) is 18.9 Å². The van der Waals surface area contributed by atoms with E-state index in [1.54, 1.807) is 6.07 Å². The van der Waals surface area contributed by atoms with Gasteiger partial charge in [0, 0.05) is 35.1 Å². The summed E-state index contributed by atoms with van der Waals surface area (Å²) in [5, 5.41) is 1.00. The highest BCUT2D eigenvalue weighted by Gasteiger charge is 2.25. The molecule has 2 heterocycles. The number of nitrogens with zero attached hydrogens (tertiary/aromatic N) is 1. The third-order valence-electron chi connectivity index (χ3n) is 4.24. The first kappa shape index (κ1) is 14.8. The van der Waals surface area contributed by atoms with Crippen LogP contribution in [-0.4, -0.2) is 24.0 Å². The Balaban J connectivity index is 1.89. The summed E-state index contributed by atoms with van der Waals surface area (Å²) in [5.41, 5.74) is 7.36. The quantitative estimate of drug-likeness (QED) is 0.864. The fraction of sp³-hybridized carbons (Fsp3) is 0.438. The van der Waals surface area contributed by atoms with Gasteiger partial charge in [0.2, 0.25) is 0 Å². The molecular formula is C16H19BrN2O2. The SMILES string of the molecule is CC(N)C1CCN(Cc2cc(=O)oc3cc(Br)ccc23)C1. The van der Waals surface area contributed by atoms with Crippen LogP contribution in [0.4, 0.5) is 0 Å². The van der Waals surface area contributed by atoms with Crippen molar-refractivity contribution in [3.8, 4) is 0 Å². The summed E-state index contributed by atoms with van der Waals surface area (Å²) in [6, 6.07) is 7.64. The molecular weight excluding hydrogens is 332 g/mol. The van der Waals surface area contributed by atoms with E-state index < -0.39 is 0 Å². The maximum Gasteiger partial charge on any atom is 0.336 e. The van der Waals surface area contributed by atoms with E-state index in [0.717, 1.165) is 41.5 Å². The zero-order chi connectivity index (χ0) is 15.0. The number of benzene rings is 1. The van der Waals surface area contributed by atoms with E-state index in [-0.39, 0.29) is 11.7 Å². The molecule has 1 aromatic heterocycles. The van der Waals surface area contributed by atoms with Crippen LogP contribution < -0.4 is 11.4 Å². The Morgan fingerprint density at radius 1 is 1.48 bits per heavy atom. The molecule has 0 aliphatic carbocycles. The monoisotopic (exact) mass is 350 g/mol. The number of likely N-dealkylation sites (tertiary alicyclic amines) is 1. The van der Waals surface area contributed by atoms with Crippen LogP contribution in [0.25, 0.3) is 11.0 Å². The molecule has 112 valence electrons. The van der Waals surface area contributed by atoms with Gasteiger partial charge in [-0.05, 0) is 49.6 Å². The summed E-state index contributed by atoms with van der Waals surface area (Å²) >= 11 is 3.41. The number of fused-ring (bicyclic) bond motifs is 1. The number of hydrogen-bond acceptors (Lipinski definition) is 4. The standard InChI is InChI=1S/C16H19BrN2O2/c1-10(18)11-4-5-19(8-11)9-12-6-16(20)21-15-7-13(17)2-3-14(12)15/h2-3,6-7,10-11H,4-5,8-9,18H2,1H3. The van der Waals surface area contributed by atoms with Crippen LogP contribution in [0, 0.1) is 5.92 Å². The molecule has 4 nitrogen and oxygen atoms in total. The molecule has 0 spiro atoms. The molecule has 2 atom stereocenters. The van der Waals surface area contributed by atoms with Crippen molar-refractivity contribution in [1.29, 1.82) is 0 Å². The van der Waals surface area contributed by atoms with Gasteiger partial charge in [-0.1, -0.05) is 15.9 Å². The maximum absolute atomic E-state index is 11.7. The lowest BCUT2D eigenvalue weighted by Gasteiger charge is -2.18. The van der Waals surface area contributed by atoms with Gasteiger partial charge < -0.3 is 10.2 Å². The first-order valence-corrected chi connectivity index (χ1v) is 8.02. The van der Waals surface area contributed by atoms with Crippen LogP contribution in [0.3, 0.4) is 0 Å². The molecule has 1 saturated heterocycles. The smallest absolute Gasteiger partial charge is 0.336 e. The Kier molecular flexibility index (Phi) is 4.15. The highest BCUT2D eigenvalue weighted by Crippen LogP contribution is 2.25. The lowest BCUT2D eigenvalue weighted by Crippen LogP contribution is -2.29. The van der Waals surface area contributed by atoms with Crippen molar-refractivity contribution in [2.24, 2.45) is 11.7 Å². The van der Waals surface area contributed by atoms with Gasteiger partial charge in [-0.3, -0.25) is 4.90 Å². The minimum atomic E-state index is -0.293. The van der Waals surface area contributed by atoms with Crippen molar-refractivity contribution < 1.29 is 4.42 Å². The minimum Gasteiger partial charge on any atom is -0.423 e. The van der Waals surface area contributed by atoms with E-state index in [9.17, 15) is 4.79 Å². The number of nitrogens with two attached hydrogens (primary N) is 1. The third kappa shape index (κ3) is 3.20. The van der Waals surface area contributed by atoms with Gasteiger partial charge in [0.05, 0.1) is 0 Å². The lowest BCUT2D eigenvalue weighted by molar-refractivity contribution is 0.309. The van der Waals surface area contributed by atoms with Gasteiger partial charge in [-0.15, -0.1) is 0 Å². The predicted molar refractivity (Wildman–Crippen MR) is 87.2 cm³/mol. The second kappa shape index (κ2) is 5.91. The van der Waals surface area contributed by atoms with Crippen LogP contribution in [0.15, 0.2) is 37.9 Å².